The summed E-state index contributed by atoms with van der Waals surface area (Å²) in [5.41, 5.74) is 13.3. The normalized spacial score (nSPS) is 35.0. The van der Waals surface area contributed by atoms with E-state index in [0.29, 0.717) is 17.5 Å². The molecule has 4 fully saturated rings. The number of carbonyl (C=O) groups excluding carboxylic acids is 2. The van der Waals surface area contributed by atoms with Crippen LogP contribution in [0.4, 0.5) is 5.69 Å². The Labute approximate surface area is 151 Å². The molecule has 2 aromatic rings. The van der Waals surface area contributed by atoms with Crippen molar-refractivity contribution >= 4 is 28.4 Å². The number of carbonyl (C=O) groups is 2. The molecule has 6 nitrogen and oxygen atoms in total. The van der Waals surface area contributed by atoms with Crippen LogP contribution in [0.15, 0.2) is 24.3 Å². The highest BCUT2D eigenvalue weighted by molar-refractivity contribution is 6.06. The fourth-order valence-electron chi connectivity index (χ4n) is 6.25. The molecule has 1 aromatic heterocycles. The van der Waals surface area contributed by atoms with Crippen LogP contribution in [-0.2, 0) is 4.79 Å². The number of amides is 2. The molecular weight excluding hydrogens is 328 g/mol. The van der Waals surface area contributed by atoms with Gasteiger partial charge in [0.2, 0.25) is 5.91 Å². The van der Waals surface area contributed by atoms with E-state index < -0.39 is 5.91 Å². The lowest BCUT2D eigenvalue weighted by molar-refractivity contribution is -0.142. The van der Waals surface area contributed by atoms with E-state index in [9.17, 15) is 9.59 Å². The minimum absolute atomic E-state index is 0.0794. The summed E-state index contributed by atoms with van der Waals surface area (Å²) in [6.45, 7) is 0. The van der Waals surface area contributed by atoms with Gasteiger partial charge in [-0.15, -0.1) is 0 Å². The monoisotopic (exact) mass is 352 g/mol. The highest BCUT2D eigenvalue weighted by Crippen LogP contribution is 2.61. The summed E-state index contributed by atoms with van der Waals surface area (Å²) in [4.78, 5) is 27.8. The van der Waals surface area contributed by atoms with Gasteiger partial charge in [-0.25, -0.2) is 0 Å². The van der Waals surface area contributed by atoms with E-state index in [1.807, 2.05) is 18.2 Å². The van der Waals surface area contributed by atoms with Crippen LogP contribution >= 0.6 is 0 Å². The van der Waals surface area contributed by atoms with E-state index in [0.717, 1.165) is 48.7 Å². The Morgan fingerprint density at radius 2 is 1.88 bits per heavy atom. The standard InChI is InChI=1S/C20H24N4O2/c21-17(25)16-5-13-14(23-16)2-1-3-15(13)24-18(26)19-6-11-4-12(7-19)9-20(22,8-11)10-19/h1-3,5,11-12,23H,4,6-10,22H2,(H2,21,25)(H,24,26). The Balaban J connectivity index is 1.48. The van der Waals surface area contributed by atoms with Gasteiger partial charge in [-0.2, -0.15) is 0 Å². The lowest BCUT2D eigenvalue weighted by atomic mass is 9.47. The third kappa shape index (κ3) is 2.28. The number of H-pyrrole nitrogens is 1. The SMILES string of the molecule is NC(=O)c1cc2c(NC(=O)C34CC5CC(CC(N)(C5)C3)C4)cccc2[nH]1. The summed E-state index contributed by atoms with van der Waals surface area (Å²) in [5.74, 6) is 0.730. The van der Waals surface area contributed by atoms with Crippen LogP contribution in [0.1, 0.15) is 49.0 Å². The van der Waals surface area contributed by atoms with Gasteiger partial charge in [0.25, 0.3) is 5.91 Å². The first-order valence-electron chi connectivity index (χ1n) is 9.38. The van der Waals surface area contributed by atoms with E-state index in [4.69, 9.17) is 11.5 Å². The van der Waals surface area contributed by atoms with Crippen LogP contribution in [0.5, 0.6) is 0 Å². The molecule has 2 unspecified atom stereocenters. The maximum Gasteiger partial charge on any atom is 0.265 e. The molecule has 4 aliphatic rings. The van der Waals surface area contributed by atoms with Gasteiger partial charge >= 0.3 is 0 Å². The number of nitrogens with one attached hydrogen (secondary N) is 2. The van der Waals surface area contributed by atoms with Crippen molar-refractivity contribution in [3.63, 3.8) is 0 Å². The molecular formula is C20H24N4O2. The molecule has 6 heteroatoms. The van der Waals surface area contributed by atoms with E-state index in [2.05, 4.69) is 10.3 Å². The number of primary amides is 1. The number of anilines is 1. The Morgan fingerprint density at radius 3 is 2.54 bits per heavy atom. The highest BCUT2D eigenvalue weighted by Gasteiger charge is 2.59. The maximum atomic E-state index is 13.3. The molecule has 1 heterocycles. The number of hydrogen-bond acceptors (Lipinski definition) is 3. The second-order valence-electron chi connectivity index (χ2n) is 8.87. The van der Waals surface area contributed by atoms with E-state index in [1.54, 1.807) is 6.07 Å². The Morgan fingerprint density at radius 1 is 1.15 bits per heavy atom. The maximum absolute atomic E-state index is 13.3. The average molecular weight is 352 g/mol. The summed E-state index contributed by atoms with van der Waals surface area (Å²) in [7, 11) is 0. The molecule has 2 atom stereocenters. The second-order valence-corrected chi connectivity index (χ2v) is 8.87. The number of hydrogen-bond donors (Lipinski definition) is 4. The van der Waals surface area contributed by atoms with Crippen LogP contribution in [0.3, 0.4) is 0 Å². The minimum atomic E-state index is -0.510. The fourth-order valence-corrected chi connectivity index (χ4v) is 6.25. The fraction of sp³-hybridized carbons (Fsp3) is 0.500. The molecule has 136 valence electrons. The molecule has 6 rings (SSSR count). The third-order valence-corrected chi connectivity index (χ3v) is 6.77. The first-order valence-corrected chi connectivity index (χ1v) is 9.38. The molecule has 4 aliphatic carbocycles. The smallest absolute Gasteiger partial charge is 0.265 e. The Kier molecular flexibility index (Phi) is 3.11. The molecule has 4 bridgehead atoms. The van der Waals surface area contributed by atoms with E-state index >= 15 is 0 Å². The number of aromatic amines is 1. The Bertz CT molecular complexity index is 917. The van der Waals surface area contributed by atoms with Crippen LogP contribution in [0, 0.1) is 17.3 Å². The molecule has 2 amide bonds. The zero-order valence-corrected chi connectivity index (χ0v) is 14.7. The molecule has 0 radical (unpaired) electrons. The third-order valence-electron chi connectivity index (χ3n) is 6.77. The van der Waals surface area contributed by atoms with Crippen molar-refractivity contribution in [3.8, 4) is 0 Å². The molecule has 0 aliphatic heterocycles. The summed E-state index contributed by atoms with van der Waals surface area (Å²) in [5, 5.41) is 3.95. The topological polar surface area (TPSA) is 114 Å². The first-order chi connectivity index (χ1) is 12.4. The Hall–Kier alpha value is -2.34. The number of benzene rings is 1. The van der Waals surface area contributed by atoms with Gasteiger partial charge in [0.1, 0.15) is 5.69 Å². The summed E-state index contributed by atoms with van der Waals surface area (Å²) in [6, 6.07) is 7.31. The summed E-state index contributed by atoms with van der Waals surface area (Å²) < 4.78 is 0. The van der Waals surface area contributed by atoms with Gasteiger partial charge < -0.3 is 21.8 Å². The predicted octanol–water partition coefficient (Wildman–Crippen LogP) is 2.50. The van der Waals surface area contributed by atoms with Gasteiger partial charge in [-0.05, 0) is 68.6 Å². The van der Waals surface area contributed by atoms with Crippen LogP contribution < -0.4 is 16.8 Å². The van der Waals surface area contributed by atoms with Crippen molar-refractivity contribution in [2.75, 3.05) is 5.32 Å². The lowest BCUT2D eigenvalue weighted by Crippen LogP contribution is -2.62. The molecule has 1 aromatic carbocycles. The van der Waals surface area contributed by atoms with Crippen LogP contribution in [0.25, 0.3) is 10.9 Å². The lowest BCUT2D eigenvalue weighted by Gasteiger charge is -2.60. The number of rotatable bonds is 3. The van der Waals surface area contributed by atoms with Crippen molar-refractivity contribution in [3.05, 3.63) is 30.0 Å². The van der Waals surface area contributed by atoms with Crippen LogP contribution in [0.2, 0.25) is 0 Å². The summed E-state index contributed by atoms with van der Waals surface area (Å²) >= 11 is 0. The minimum Gasteiger partial charge on any atom is -0.364 e. The largest absolute Gasteiger partial charge is 0.364 e. The zero-order chi connectivity index (χ0) is 18.1. The van der Waals surface area contributed by atoms with Gasteiger partial charge in [-0.1, -0.05) is 6.07 Å². The molecule has 26 heavy (non-hydrogen) atoms. The quantitative estimate of drug-likeness (QED) is 0.680. The van der Waals surface area contributed by atoms with Gasteiger partial charge in [0.05, 0.1) is 11.1 Å². The van der Waals surface area contributed by atoms with Crippen molar-refractivity contribution in [1.29, 1.82) is 0 Å². The van der Waals surface area contributed by atoms with Gasteiger partial charge in [-0.3, -0.25) is 9.59 Å². The van der Waals surface area contributed by atoms with Gasteiger partial charge in [0, 0.05) is 16.4 Å². The number of nitrogens with two attached hydrogens (primary N) is 2. The van der Waals surface area contributed by atoms with Crippen molar-refractivity contribution in [2.45, 2.75) is 44.1 Å². The first kappa shape index (κ1) is 15.9. The molecule has 0 saturated heterocycles. The van der Waals surface area contributed by atoms with Crippen molar-refractivity contribution in [2.24, 2.45) is 28.7 Å². The second kappa shape index (κ2) is 5.10. The van der Waals surface area contributed by atoms with E-state index in [1.165, 1.54) is 6.42 Å². The van der Waals surface area contributed by atoms with Crippen molar-refractivity contribution < 1.29 is 9.59 Å². The van der Waals surface area contributed by atoms with Crippen LogP contribution in [-0.4, -0.2) is 22.3 Å². The molecule has 0 spiro atoms. The van der Waals surface area contributed by atoms with E-state index in [-0.39, 0.29) is 16.9 Å². The number of fused-ring (bicyclic) bond motifs is 1. The van der Waals surface area contributed by atoms with Gasteiger partial charge in [0.15, 0.2) is 0 Å². The number of aromatic nitrogens is 1. The molecule has 6 N–H and O–H groups in total. The van der Waals surface area contributed by atoms with Crippen molar-refractivity contribution in [1.82, 2.24) is 4.98 Å². The molecule has 4 saturated carbocycles. The zero-order valence-electron chi connectivity index (χ0n) is 14.7. The summed E-state index contributed by atoms with van der Waals surface area (Å²) in [6.07, 6.45) is 6.04. The predicted molar refractivity (Wildman–Crippen MR) is 99.5 cm³/mol. The highest BCUT2D eigenvalue weighted by atomic mass is 16.2. The average Bonchev–Trinajstić information content (AvgIpc) is 2.98.